The molecule has 0 fully saturated rings. The number of esters is 3. The molecule has 0 radical (unpaired) electrons. The topological polar surface area (TPSA) is 124 Å². The summed E-state index contributed by atoms with van der Waals surface area (Å²) in [5.41, 5.74) is 1.29. The third kappa shape index (κ3) is 4.47. The fraction of sp³-hybridized carbons (Fsp3) is 0.286. The molecule has 10 heteroatoms. The average molecular weight is 426 g/mol. The van der Waals surface area contributed by atoms with Crippen LogP contribution in [0.3, 0.4) is 0 Å². The van der Waals surface area contributed by atoms with E-state index in [1.54, 1.807) is 45.0 Å². The van der Waals surface area contributed by atoms with Gasteiger partial charge in [0.05, 0.1) is 37.1 Å². The number of hydrogen-bond acceptors (Lipinski definition) is 8. The van der Waals surface area contributed by atoms with Crippen LogP contribution in [0, 0.1) is 0 Å². The number of carbonyl (C=O) groups excluding carboxylic acids is 3. The Hall–Kier alpha value is -3.95. The van der Waals surface area contributed by atoms with Crippen molar-refractivity contribution in [3.63, 3.8) is 0 Å². The smallest absolute Gasteiger partial charge is 0.347 e. The Balaban J connectivity index is 2.21. The Bertz CT molecular complexity index is 1220. The molecule has 0 aliphatic rings. The molecular weight excluding hydrogens is 404 g/mol. The number of aromatic amines is 1. The lowest BCUT2D eigenvalue weighted by atomic mass is 10.2. The lowest BCUT2D eigenvalue weighted by molar-refractivity contribution is -0.146. The first-order chi connectivity index (χ1) is 15.0. The number of carbonyl (C=O) groups is 3. The second-order valence-corrected chi connectivity index (χ2v) is 6.13. The molecule has 1 aromatic carbocycles. The number of nitrogens with one attached hydrogen (secondary N) is 1. The molecule has 0 saturated carbocycles. The molecule has 0 atom stereocenters. The quantitative estimate of drug-likeness (QED) is 0.201. The van der Waals surface area contributed by atoms with Gasteiger partial charge in [-0.15, -0.1) is 0 Å². The van der Waals surface area contributed by atoms with Crippen molar-refractivity contribution in [2.45, 2.75) is 20.8 Å². The third-order valence-electron chi connectivity index (χ3n) is 4.19. The molecule has 0 bridgehead atoms. The number of nitrogens with zero attached hydrogens (tertiary/aromatic N) is 3. The largest absolute Gasteiger partial charge is 0.462 e. The van der Waals surface area contributed by atoms with Crippen LogP contribution < -0.4 is 5.62 Å². The van der Waals surface area contributed by atoms with E-state index in [1.807, 2.05) is 0 Å². The minimum atomic E-state index is -0.844. The van der Waals surface area contributed by atoms with Gasteiger partial charge < -0.3 is 14.2 Å². The molecule has 31 heavy (non-hydrogen) atoms. The number of rotatable bonds is 7. The van der Waals surface area contributed by atoms with Crippen LogP contribution in [0.1, 0.15) is 31.1 Å². The summed E-state index contributed by atoms with van der Waals surface area (Å²) in [5, 5.41) is 3.55. The molecular formula is C21H22N4O6. The van der Waals surface area contributed by atoms with Crippen molar-refractivity contribution in [2.24, 2.45) is 4.99 Å². The number of aromatic nitrogens is 3. The second kappa shape index (κ2) is 9.70. The molecule has 3 aromatic rings. The van der Waals surface area contributed by atoms with Crippen LogP contribution >= 0.6 is 0 Å². The molecule has 0 saturated heterocycles. The van der Waals surface area contributed by atoms with E-state index in [2.05, 4.69) is 15.1 Å². The molecule has 10 nitrogen and oxygen atoms in total. The molecule has 0 aliphatic heterocycles. The fourth-order valence-corrected chi connectivity index (χ4v) is 2.92. The maximum atomic E-state index is 12.3. The van der Waals surface area contributed by atoms with Gasteiger partial charge in [-0.3, -0.25) is 5.10 Å². The average Bonchev–Trinajstić information content (AvgIpc) is 2.95. The lowest BCUT2D eigenvalue weighted by Gasteiger charge is -2.06. The van der Waals surface area contributed by atoms with Gasteiger partial charge in [-0.1, -0.05) is 18.2 Å². The van der Waals surface area contributed by atoms with Gasteiger partial charge in [0, 0.05) is 11.6 Å². The van der Waals surface area contributed by atoms with E-state index >= 15 is 0 Å². The SMILES string of the molecule is CCOC(=O)C(=CN=c1nc2ccccc3c(C(=O)OCC)c[nH]n1c23)C(=O)OCC. The van der Waals surface area contributed by atoms with E-state index in [9.17, 15) is 14.4 Å². The summed E-state index contributed by atoms with van der Waals surface area (Å²) in [6.07, 6.45) is 2.55. The van der Waals surface area contributed by atoms with E-state index in [4.69, 9.17) is 14.2 Å². The molecule has 0 aliphatic carbocycles. The predicted molar refractivity (Wildman–Crippen MR) is 110 cm³/mol. The third-order valence-corrected chi connectivity index (χ3v) is 4.19. The zero-order valence-electron chi connectivity index (χ0n) is 17.4. The maximum absolute atomic E-state index is 12.3. The first-order valence-corrected chi connectivity index (χ1v) is 9.76. The Labute approximate surface area is 177 Å². The van der Waals surface area contributed by atoms with Crippen molar-refractivity contribution in [2.75, 3.05) is 19.8 Å². The van der Waals surface area contributed by atoms with Crippen LogP contribution in [0.25, 0.3) is 16.4 Å². The van der Waals surface area contributed by atoms with E-state index in [-0.39, 0.29) is 31.0 Å². The number of H-pyrrole nitrogens is 1. The van der Waals surface area contributed by atoms with Gasteiger partial charge in [0.15, 0.2) is 5.57 Å². The highest BCUT2D eigenvalue weighted by Gasteiger charge is 2.21. The van der Waals surface area contributed by atoms with Crippen molar-refractivity contribution < 1.29 is 28.6 Å². The van der Waals surface area contributed by atoms with Crippen LogP contribution in [0.5, 0.6) is 0 Å². The van der Waals surface area contributed by atoms with Gasteiger partial charge in [0.25, 0.3) is 0 Å². The Morgan fingerprint density at radius 3 is 2.32 bits per heavy atom. The second-order valence-electron chi connectivity index (χ2n) is 6.13. The van der Waals surface area contributed by atoms with Crippen LogP contribution in [0.2, 0.25) is 0 Å². The zero-order chi connectivity index (χ0) is 22.4. The Morgan fingerprint density at radius 2 is 1.68 bits per heavy atom. The molecule has 2 heterocycles. The van der Waals surface area contributed by atoms with Crippen molar-refractivity contribution in [3.8, 4) is 0 Å². The molecule has 162 valence electrons. The molecule has 0 unspecified atom stereocenters. The van der Waals surface area contributed by atoms with E-state index in [0.29, 0.717) is 22.0 Å². The summed E-state index contributed by atoms with van der Waals surface area (Å²) in [4.78, 5) is 45.3. The van der Waals surface area contributed by atoms with Crippen LogP contribution in [0.4, 0.5) is 0 Å². The predicted octanol–water partition coefficient (Wildman–Crippen LogP) is 1.90. The van der Waals surface area contributed by atoms with Crippen LogP contribution in [0.15, 0.2) is 47.2 Å². The maximum Gasteiger partial charge on any atom is 0.347 e. The zero-order valence-corrected chi connectivity index (χ0v) is 17.4. The molecule has 2 aromatic heterocycles. The lowest BCUT2D eigenvalue weighted by Crippen LogP contribution is -2.20. The summed E-state index contributed by atoms with van der Waals surface area (Å²) >= 11 is 0. The van der Waals surface area contributed by atoms with Crippen LogP contribution in [-0.4, -0.2) is 52.3 Å². The summed E-state index contributed by atoms with van der Waals surface area (Å²) in [6, 6.07) is 7.09. The van der Waals surface area contributed by atoms with Gasteiger partial charge in [0.2, 0.25) is 5.62 Å². The highest BCUT2D eigenvalue weighted by molar-refractivity contribution is 6.14. The Morgan fingerprint density at radius 1 is 1.03 bits per heavy atom. The van der Waals surface area contributed by atoms with Crippen molar-refractivity contribution in [3.05, 3.63) is 53.4 Å². The summed E-state index contributed by atoms with van der Waals surface area (Å²) in [6.45, 7) is 5.42. The molecule has 3 rings (SSSR count). The standard InChI is InChI=1S/C21H22N4O6/c1-4-29-18(26)14-12-23-25-17-13(14)9-7-8-10-16(17)24-21(25)22-11-15(19(27)30-5-2)20(28)31-6-3/h7-12,23H,4-6H2,1-3H3. The Kier molecular flexibility index (Phi) is 6.81. The van der Waals surface area contributed by atoms with Gasteiger partial charge in [-0.2, -0.15) is 0 Å². The molecule has 0 amide bonds. The summed E-state index contributed by atoms with van der Waals surface area (Å²) in [5.74, 6) is -2.16. The first-order valence-electron chi connectivity index (χ1n) is 9.76. The van der Waals surface area contributed by atoms with Crippen molar-refractivity contribution in [1.82, 2.24) is 14.6 Å². The van der Waals surface area contributed by atoms with Gasteiger partial charge in [-0.05, 0) is 26.8 Å². The fourth-order valence-electron chi connectivity index (χ4n) is 2.92. The monoisotopic (exact) mass is 426 g/mol. The number of hydrogen-bond donors (Lipinski definition) is 1. The van der Waals surface area contributed by atoms with Gasteiger partial charge in [0.1, 0.15) is 5.52 Å². The van der Waals surface area contributed by atoms with Crippen molar-refractivity contribution >= 4 is 34.3 Å². The van der Waals surface area contributed by atoms with Gasteiger partial charge >= 0.3 is 17.9 Å². The summed E-state index contributed by atoms with van der Waals surface area (Å²) < 4.78 is 16.5. The van der Waals surface area contributed by atoms with Gasteiger partial charge in [-0.25, -0.2) is 28.9 Å². The normalized spacial score (nSPS) is 11.4. The van der Waals surface area contributed by atoms with Crippen molar-refractivity contribution in [1.29, 1.82) is 0 Å². The number of imidazole rings is 1. The highest BCUT2D eigenvalue weighted by atomic mass is 16.6. The first kappa shape index (κ1) is 21.8. The summed E-state index contributed by atoms with van der Waals surface area (Å²) in [7, 11) is 0. The minimum absolute atomic E-state index is 0.0942. The molecule has 0 spiro atoms. The molecule has 1 N–H and O–H groups in total. The minimum Gasteiger partial charge on any atom is -0.462 e. The van der Waals surface area contributed by atoms with E-state index in [1.165, 1.54) is 10.7 Å². The van der Waals surface area contributed by atoms with Crippen LogP contribution in [-0.2, 0) is 23.8 Å². The van der Waals surface area contributed by atoms with E-state index in [0.717, 1.165) is 6.20 Å². The highest BCUT2D eigenvalue weighted by Crippen LogP contribution is 2.20. The van der Waals surface area contributed by atoms with E-state index < -0.39 is 17.9 Å². The number of ether oxygens (including phenoxy) is 3.